The van der Waals surface area contributed by atoms with Crippen LogP contribution in [-0.4, -0.2) is 24.4 Å². The standard InChI is InChI=1S/C14H19NOS.ClH/c1-16-13-4-2-3-5-14(13)17-12-8-10-6-7-11(9-12)15-10;/h2-5,10-12,15H,6-9H2,1H3;1H. The van der Waals surface area contributed by atoms with Gasteiger partial charge in [-0.15, -0.1) is 24.2 Å². The second kappa shape index (κ2) is 6.18. The van der Waals surface area contributed by atoms with Crippen LogP contribution < -0.4 is 10.1 Å². The van der Waals surface area contributed by atoms with E-state index in [0.717, 1.165) is 23.1 Å². The molecule has 18 heavy (non-hydrogen) atoms. The molecule has 0 spiro atoms. The van der Waals surface area contributed by atoms with E-state index < -0.39 is 0 Å². The van der Waals surface area contributed by atoms with E-state index in [4.69, 9.17) is 4.74 Å². The number of para-hydroxylation sites is 1. The van der Waals surface area contributed by atoms with Crippen molar-refractivity contribution in [2.75, 3.05) is 7.11 Å². The topological polar surface area (TPSA) is 21.3 Å². The molecule has 2 atom stereocenters. The van der Waals surface area contributed by atoms with Crippen molar-refractivity contribution in [1.82, 2.24) is 5.32 Å². The van der Waals surface area contributed by atoms with E-state index in [1.807, 2.05) is 17.8 Å². The number of ether oxygens (including phenoxy) is 1. The molecule has 0 radical (unpaired) electrons. The van der Waals surface area contributed by atoms with Crippen LogP contribution in [-0.2, 0) is 0 Å². The summed E-state index contributed by atoms with van der Waals surface area (Å²) in [6.45, 7) is 0. The zero-order valence-corrected chi connectivity index (χ0v) is 12.2. The van der Waals surface area contributed by atoms with E-state index in [-0.39, 0.29) is 12.4 Å². The van der Waals surface area contributed by atoms with Crippen molar-refractivity contribution < 1.29 is 4.74 Å². The largest absolute Gasteiger partial charge is 0.496 e. The lowest BCUT2D eigenvalue weighted by Gasteiger charge is -2.28. The molecule has 3 rings (SSSR count). The molecular formula is C14H20ClNOS. The normalized spacial score (nSPS) is 29.7. The van der Waals surface area contributed by atoms with E-state index >= 15 is 0 Å². The number of nitrogens with one attached hydrogen (secondary N) is 1. The average molecular weight is 286 g/mol. The molecule has 2 fully saturated rings. The highest BCUT2D eigenvalue weighted by Crippen LogP contribution is 2.40. The van der Waals surface area contributed by atoms with Gasteiger partial charge < -0.3 is 10.1 Å². The average Bonchev–Trinajstić information content (AvgIpc) is 2.69. The Hall–Kier alpha value is -0.380. The van der Waals surface area contributed by atoms with E-state index in [0.29, 0.717) is 0 Å². The van der Waals surface area contributed by atoms with E-state index in [1.165, 1.54) is 30.6 Å². The van der Waals surface area contributed by atoms with Crippen LogP contribution in [0.15, 0.2) is 29.2 Å². The Kier molecular flexibility index (Phi) is 4.82. The minimum absolute atomic E-state index is 0. The van der Waals surface area contributed by atoms with Crippen LogP contribution in [0.25, 0.3) is 0 Å². The van der Waals surface area contributed by atoms with E-state index in [1.54, 1.807) is 7.11 Å². The highest BCUT2D eigenvalue weighted by atomic mass is 35.5. The van der Waals surface area contributed by atoms with Crippen molar-refractivity contribution in [3.05, 3.63) is 24.3 Å². The maximum absolute atomic E-state index is 5.42. The zero-order chi connectivity index (χ0) is 11.7. The van der Waals surface area contributed by atoms with Gasteiger partial charge in [-0.2, -0.15) is 0 Å². The number of benzene rings is 1. The minimum atomic E-state index is 0. The Labute approximate surface area is 119 Å². The second-order valence-corrected chi connectivity index (χ2v) is 6.34. The van der Waals surface area contributed by atoms with E-state index in [2.05, 4.69) is 23.5 Å². The highest BCUT2D eigenvalue weighted by molar-refractivity contribution is 8.00. The van der Waals surface area contributed by atoms with Crippen molar-refractivity contribution >= 4 is 24.2 Å². The zero-order valence-electron chi connectivity index (χ0n) is 10.6. The molecule has 1 N–H and O–H groups in total. The van der Waals surface area contributed by atoms with Gasteiger partial charge in [0.1, 0.15) is 5.75 Å². The number of hydrogen-bond acceptors (Lipinski definition) is 3. The molecule has 2 unspecified atom stereocenters. The fourth-order valence-corrected chi connectivity index (χ4v) is 4.44. The lowest BCUT2D eigenvalue weighted by atomic mass is 10.1. The van der Waals surface area contributed by atoms with Gasteiger partial charge in [-0.3, -0.25) is 0 Å². The Balaban J connectivity index is 0.00000120. The van der Waals surface area contributed by atoms with E-state index in [9.17, 15) is 0 Å². The maximum atomic E-state index is 5.42. The van der Waals surface area contributed by atoms with Gasteiger partial charge in [-0.05, 0) is 37.8 Å². The summed E-state index contributed by atoms with van der Waals surface area (Å²) in [5.41, 5.74) is 0. The Bertz CT molecular complexity index is 389. The van der Waals surface area contributed by atoms with Gasteiger partial charge in [0, 0.05) is 22.2 Å². The van der Waals surface area contributed by atoms with Gasteiger partial charge in [0.25, 0.3) is 0 Å². The van der Waals surface area contributed by atoms with Gasteiger partial charge in [-0.25, -0.2) is 0 Å². The molecule has 0 saturated carbocycles. The number of halogens is 1. The predicted octanol–water partition coefficient (Wildman–Crippen LogP) is 3.49. The SMILES string of the molecule is COc1ccccc1SC1CC2CCC(C1)N2.Cl. The van der Waals surface area contributed by atoms with Gasteiger partial charge >= 0.3 is 0 Å². The molecule has 2 bridgehead atoms. The molecule has 2 aliphatic heterocycles. The molecule has 0 aromatic heterocycles. The summed E-state index contributed by atoms with van der Waals surface area (Å²) < 4.78 is 5.42. The predicted molar refractivity (Wildman–Crippen MR) is 79.1 cm³/mol. The summed E-state index contributed by atoms with van der Waals surface area (Å²) >= 11 is 2.00. The molecular weight excluding hydrogens is 266 g/mol. The number of fused-ring (bicyclic) bond motifs is 2. The molecule has 2 nitrogen and oxygen atoms in total. The first-order valence-electron chi connectivity index (χ1n) is 6.41. The molecule has 4 heteroatoms. The first-order valence-corrected chi connectivity index (χ1v) is 7.29. The van der Waals surface area contributed by atoms with Crippen molar-refractivity contribution in [2.45, 2.75) is 47.9 Å². The van der Waals surface area contributed by atoms with Crippen LogP contribution in [0.1, 0.15) is 25.7 Å². The van der Waals surface area contributed by atoms with Crippen LogP contribution >= 0.6 is 24.2 Å². The second-order valence-electron chi connectivity index (χ2n) is 5.00. The summed E-state index contributed by atoms with van der Waals surface area (Å²) in [6.07, 6.45) is 5.35. The van der Waals surface area contributed by atoms with Gasteiger partial charge in [0.05, 0.1) is 7.11 Å². The molecule has 1 aromatic rings. The smallest absolute Gasteiger partial charge is 0.132 e. The van der Waals surface area contributed by atoms with Gasteiger partial charge in [0.15, 0.2) is 0 Å². The summed E-state index contributed by atoms with van der Waals surface area (Å²) in [7, 11) is 1.76. The van der Waals surface area contributed by atoms with Crippen LogP contribution in [0.3, 0.4) is 0 Å². The quantitative estimate of drug-likeness (QED) is 0.918. The van der Waals surface area contributed by atoms with Crippen LogP contribution in [0.4, 0.5) is 0 Å². The molecule has 0 aliphatic carbocycles. The Morgan fingerprint density at radius 3 is 2.50 bits per heavy atom. The highest BCUT2D eigenvalue weighted by Gasteiger charge is 2.33. The molecule has 2 saturated heterocycles. The summed E-state index contributed by atoms with van der Waals surface area (Å²) in [4.78, 5) is 1.29. The molecule has 2 aliphatic rings. The Morgan fingerprint density at radius 1 is 1.17 bits per heavy atom. The lowest BCUT2D eigenvalue weighted by molar-refractivity contribution is 0.402. The van der Waals surface area contributed by atoms with Crippen molar-refractivity contribution in [3.8, 4) is 5.75 Å². The van der Waals surface area contributed by atoms with Gasteiger partial charge in [-0.1, -0.05) is 12.1 Å². The fourth-order valence-electron chi connectivity index (χ4n) is 3.00. The summed E-state index contributed by atoms with van der Waals surface area (Å²) in [5, 5.41) is 4.44. The number of thioether (sulfide) groups is 1. The van der Waals surface area contributed by atoms with Crippen LogP contribution in [0.2, 0.25) is 0 Å². The third kappa shape index (κ3) is 2.95. The fraction of sp³-hybridized carbons (Fsp3) is 0.571. The number of rotatable bonds is 3. The van der Waals surface area contributed by atoms with Gasteiger partial charge in [0.2, 0.25) is 0 Å². The number of hydrogen-bond donors (Lipinski definition) is 1. The summed E-state index contributed by atoms with van der Waals surface area (Å²) in [6, 6.07) is 9.89. The number of methoxy groups -OCH3 is 1. The molecule has 0 amide bonds. The Morgan fingerprint density at radius 2 is 1.83 bits per heavy atom. The molecule has 100 valence electrons. The first kappa shape index (κ1) is 14.0. The summed E-state index contributed by atoms with van der Waals surface area (Å²) in [5.74, 6) is 1.02. The lowest BCUT2D eigenvalue weighted by Crippen LogP contribution is -2.39. The van der Waals surface area contributed by atoms with Crippen LogP contribution in [0.5, 0.6) is 5.75 Å². The third-order valence-electron chi connectivity index (χ3n) is 3.79. The molecule has 1 aromatic carbocycles. The van der Waals surface area contributed by atoms with Crippen molar-refractivity contribution in [3.63, 3.8) is 0 Å². The number of piperidine rings is 1. The van der Waals surface area contributed by atoms with Crippen molar-refractivity contribution in [1.29, 1.82) is 0 Å². The van der Waals surface area contributed by atoms with Crippen molar-refractivity contribution in [2.24, 2.45) is 0 Å². The first-order chi connectivity index (χ1) is 8.35. The van der Waals surface area contributed by atoms with Crippen LogP contribution in [0, 0.1) is 0 Å². The maximum Gasteiger partial charge on any atom is 0.132 e. The third-order valence-corrected chi connectivity index (χ3v) is 5.10. The monoisotopic (exact) mass is 285 g/mol. The molecule has 2 heterocycles. The minimum Gasteiger partial charge on any atom is -0.496 e.